The fourth-order valence-corrected chi connectivity index (χ4v) is 4.63. The van der Waals surface area contributed by atoms with Crippen LogP contribution in [0, 0.1) is 20.8 Å². The van der Waals surface area contributed by atoms with E-state index >= 15 is 0 Å². The van der Waals surface area contributed by atoms with Gasteiger partial charge in [0.05, 0.1) is 5.25 Å². The maximum absolute atomic E-state index is 13.2. The Bertz CT molecular complexity index is 985. The molecule has 0 amide bonds. The third kappa shape index (κ3) is 3.34. The van der Waals surface area contributed by atoms with Gasteiger partial charge in [0.25, 0.3) is 0 Å². The molecule has 1 atom stereocenters. The predicted octanol–water partition coefficient (Wildman–Crippen LogP) is 4.69. The zero-order valence-electron chi connectivity index (χ0n) is 16.1. The molecular formula is C21H24N4OS. The van der Waals surface area contributed by atoms with Gasteiger partial charge < -0.3 is 9.13 Å². The summed E-state index contributed by atoms with van der Waals surface area (Å²) >= 11 is 1.51. The number of carbonyl (C=O) groups excluding carboxylic acids is 1. The Kier molecular flexibility index (Phi) is 4.68. The van der Waals surface area contributed by atoms with Crippen LogP contribution < -0.4 is 0 Å². The number of nitrogens with zero attached hydrogens (tertiary/aromatic N) is 4. The molecule has 0 radical (unpaired) electrons. The number of Topliss-reactive ketones (excluding diaryl/α,β-unsaturated/α-hetero) is 1. The lowest BCUT2D eigenvalue weighted by Gasteiger charge is -2.12. The predicted molar refractivity (Wildman–Crippen MR) is 108 cm³/mol. The van der Waals surface area contributed by atoms with Crippen LogP contribution in [0.15, 0.2) is 41.6 Å². The van der Waals surface area contributed by atoms with Crippen molar-refractivity contribution in [2.45, 2.75) is 57.0 Å². The molecule has 1 aromatic carbocycles. The Morgan fingerprint density at radius 2 is 1.85 bits per heavy atom. The molecule has 1 fully saturated rings. The summed E-state index contributed by atoms with van der Waals surface area (Å²) in [6.07, 6.45) is 2.35. The average molecular weight is 381 g/mol. The van der Waals surface area contributed by atoms with Crippen molar-refractivity contribution >= 4 is 17.5 Å². The Hall–Kier alpha value is -2.34. The number of aryl methyl sites for hydroxylation is 2. The zero-order valence-corrected chi connectivity index (χ0v) is 17.0. The van der Waals surface area contributed by atoms with Crippen LogP contribution in [0.1, 0.15) is 53.4 Å². The molecule has 4 rings (SSSR count). The minimum atomic E-state index is -0.212. The Balaban J connectivity index is 1.60. The number of benzene rings is 1. The van der Waals surface area contributed by atoms with Gasteiger partial charge in [0.2, 0.25) is 0 Å². The number of ketones is 1. The molecule has 0 spiro atoms. The molecule has 2 heterocycles. The van der Waals surface area contributed by atoms with Crippen LogP contribution in [0.3, 0.4) is 0 Å². The minimum Gasteiger partial charge on any atom is -0.318 e. The molecule has 1 unspecified atom stereocenters. The maximum Gasteiger partial charge on any atom is 0.192 e. The van der Waals surface area contributed by atoms with Crippen LogP contribution in [0.2, 0.25) is 0 Å². The molecule has 0 aliphatic heterocycles. The number of carbonyl (C=O) groups is 1. The number of para-hydroxylation sites is 1. The van der Waals surface area contributed by atoms with E-state index in [1.54, 1.807) is 0 Å². The van der Waals surface area contributed by atoms with Crippen LogP contribution in [0.5, 0.6) is 0 Å². The molecular weight excluding hydrogens is 356 g/mol. The molecule has 1 aliphatic rings. The summed E-state index contributed by atoms with van der Waals surface area (Å²) in [5.74, 6) is 1.07. The highest BCUT2D eigenvalue weighted by atomic mass is 32.2. The van der Waals surface area contributed by atoms with Gasteiger partial charge in [0.1, 0.15) is 5.82 Å². The van der Waals surface area contributed by atoms with Crippen molar-refractivity contribution in [3.63, 3.8) is 0 Å². The van der Waals surface area contributed by atoms with Crippen molar-refractivity contribution in [2.75, 3.05) is 0 Å². The largest absolute Gasteiger partial charge is 0.318 e. The third-order valence-corrected chi connectivity index (χ3v) is 6.17. The van der Waals surface area contributed by atoms with E-state index in [4.69, 9.17) is 0 Å². The average Bonchev–Trinajstić information content (AvgIpc) is 3.36. The van der Waals surface area contributed by atoms with Gasteiger partial charge in [0, 0.05) is 28.7 Å². The highest BCUT2D eigenvalue weighted by molar-refractivity contribution is 8.00. The van der Waals surface area contributed by atoms with Crippen molar-refractivity contribution in [1.29, 1.82) is 0 Å². The highest BCUT2D eigenvalue weighted by Crippen LogP contribution is 2.39. The van der Waals surface area contributed by atoms with Crippen LogP contribution in [0.4, 0.5) is 0 Å². The van der Waals surface area contributed by atoms with Gasteiger partial charge >= 0.3 is 0 Å². The summed E-state index contributed by atoms with van der Waals surface area (Å²) in [5.41, 5.74) is 3.91. The Labute approximate surface area is 163 Å². The lowest BCUT2D eigenvalue weighted by atomic mass is 10.1. The molecule has 2 aromatic heterocycles. The standard InChI is InChI=1S/C21H24N4OS/c1-13-12-19(14(2)24(13)17-8-6-5-7-9-17)20(26)15(3)27-21-23-22-16(4)25(21)18-10-11-18/h5-9,12,15,18H,10-11H2,1-4H3. The van der Waals surface area contributed by atoms with Gasteiger partial charge in [-0.3, -0.25) is 4.79 Å². The van der Waals surface area contributed by atoms with Crippen LogP contribution in [-0.4, -0.2) is 30.4 Å². The molecule has 0 N–H and O–H groups in total. The first kappa shape index (κ1) is 18.0. The second-order valence-corrected chi connectivity index (χ2v) is 8.52. The van der Waals surface area contributed by atoms with Crippen LogP contribution in [0.25, 0.3) is 5.69 Å². The van der Waals surface area contributed by atoms with Crippen molar-refractivity contribution in [2.24, 2.45) is 0 Å². The summed E-state index contributed by atoms with van der Waals surface area (Å²) < 4.78 is 4.32. The topological polar surface area (TPSA) is 52.7 Å². The van der Waals surface area contributed by atoms with Gasteiger partial charge in [0.15, 0.2) is 10.9 Å². The fourth-order valence-electron chi connectivity index (χ4n) is 3.60. The number of rotatable bonds is 6. The van der Waals surface area contributed by atoms with Crippen molar-refractivity contribution in [1.82, 2.24) is 19.3 Å². The smallest absolute Gasteiger partial charge is 0.192 e. The van der Waals surface area contributed by atoms with Crippen molar-refractivity contribution in [3.8, 4) is 5.69 Å². The Morgan fingerprint density at radius 1 is 1.15 bits per heavy atom. The van der Waals surface area contributed by atoms with E-state index in [-0.39, 0.29) is 11.0 Å². The molecule has 140 valence electrons. The molecule has 3 aromatic rings. The van der Waals surface area contributed by atoms with Crippen LogP contribution in [-0.2, 0) is 0 Å². The lowest BCUT2D eigenvalue weighted by Crippen LogP contribution is -2.15. The highest BCUT2D eigenvalue weighted by Gasteiger charge is 2.30. The van der Waals surface area contributed by atoms with E-state index in [0.717, 1.165) is 33.6 Å². The second-order valence-electron chi connectivity index (χ2n) is 7.21. The summed E-state index contributed by atoms with van der Waals surface area (Å²) in [5, 5.41) is 9.16. The number of hydrogen-bond acceptors (Lipinski definition) is 4. The second kappa shape index (κ2) is 7.00. The van der Waals surface area contributed by atoms with Gasteiger partial charge in [-0.05, 0) is 58.7 Å². The summed E-state index contributed by atoms with van der Waals surface area (Å²) in [6, 6.07) is 12.7. The first-order valence-corrected chi connectivity index (χ1v) is 10.2. The van der Waals surface area contributed by atoms with E-state index in [9.17, 15) is 4.79 Å². The van der Waals surface area contributed by atoms with Crippen molar-refractivity contribution < 1.29 is 4.79 Å². The molecule has 6 heteroatoms. The van der Waals surface area contributed by atoms with Crippen LogP contribution >= 0.6 is 11.8 Å². The van der Waals surface area contributed by atoms with E-state index in [2.05, 4.69) is 31.5 Å². The number of thioether (sulfide) groups is 1. The minimum absolute atomic E-state index is 0.137. The first-order valence-electron chi connectivity index (χ1n) is 9.34. The Morgan fingerprint density at radius 3 is 2.52 bits per heavy atom. The molecule has 0 bridgehead atoms. The maximum atomic E-state index is 13.2. The first-order chi connectivity index (χ1) is 13.0. The normalized spacial score (nSPS) is 15.1. The van der Waals surface area contributed by atoms with E-state index in [1.165, 1.54) is 24.6 Å². The molecule has 27 heavy (non-hydrogen) atoms. The fraction of sp³-hybridized carbons (Fsp3) is 0.381. The number of hydrogen-bond donors (Lipinski definition) is 0. The monoisotopic (exact) mass is 380 g/mol. The van der Waals surface area contributed by atoms with Gasteiger partial charge in [-0.1, -0.05) is 30.0 Å². The molecule has 1 aliphatic carbocycles. The summed E-state index contributed by atoms with van der Waals surface area (Å²) in [6.45, 7) is 8.00. The molecule has 0 saturated heterocycles. The van der Waals surface area contributed by atoms with Gasteiger partial charge in [-0.2, -0.15) is 0 Å². The van der Waals surface area contributed by atoms with Gasteiger partial charge in [-0.15, -0.1) is 10.2 Å². The summed E-state index contributed by atoms with van der Waals surface area (Å²) in [4.78, 5) is 13.2. The quantitative estimate of drug-likeness (QED) is 0.460. The van der Waals surface area contributed by atoms with E-state index in [0.29, 0.717) is 6.04 Å². The number of aromatic nitrogens is 4. The third-order valence-electron chi connectivity index (χ3n) is 5.11. The SMILES string of the molecule is Cc1cc(C(=O)C(C)Sc2nnc(C)n2C2CC2)c(C)n1-c1ccccc1. The van der Waals surface area contributed by atoms with E-state index < -0.39 is 0 Å². The van der Waals surface area contributed by atoms with Crippen molar-refractivity contribution in [3.05, 3.63) is 59.2 Å². The van der Waals surface area contributed by atoms with Gasteiger partial charge in [-0.25, -0.2) is 0 Å². The lowest BCUT2D eigenvalue weighted by molar-refractivity contribution is 0.0993. The zero-order chi connectivity index (χ0) is 19.1. The molecule has 1 saturated carbocycles. The summed E-state index contributed by atoms with van der Waals surface area (Å²) in [7, 11) is 0. The van der Waals surface area contributed by atoms with E-state index in [1.807, 2.05) is 52.0 Å². The molecule has 5 nitrogen and oxygen atoms in total.